The van der Waals surface area contributed by atoms with Crippen molar-refractivity contribution in [2.75, 3.05) is 19.0 Å². The van der Waals surface area contributed by atoms with Crippen molar-refractivity contribution < 1.29 is 19.0 Å². The molecule has 0 saturated heterocycles. The molecule has 0 aromatic heterocycles. The third-order valence-corrected chi connectivity index (χ3v) is 7.58. The van der Waals surface area contributed by atoms with Crippen LogP contribution in [0.3, 0.4) is 0 Å². The number of nitrogens with one attached hydrogen (secondary N) is 1. The Hall–Kier alpha value is -4.78. The number of anilines is 1. The Balaban J connectivity index is 1.23. The van der Waals surface area contributed by atoms with E-state index in [2.05, 4.69) is 35.6 Å². The summed E-state index contributed by atoms with van der Waals surface area (Å²) in [4.78, 5) is 12.8. The van der Waals surface area contributed by atoms with Crippen molar-refractivity contribution in [1.29, 1.82) is 0 Å². The number of para-hydroxylation sites is 1. The number of hydrogen-bond donors (Lipinski definition) is 1. The maximum Gasteiger partial charge on any atom is 0.262 e. The Labute approximate surface area is 240 Å². The van der Waals surface area contributed by atoms with E-state index in [0.717, 1.165) is 57.0 Å². The number of hydrogen-bond acceptors (Lipinski definition) is 6. The summed E-state index contributed by atoms with van der Waals surface area (Å²) in [6, 6.07) is 28.2. The number of carbonyl (C=O) groups is 1. The van der Waals surface area contributed by atoms with E-state index < -0.39 is 6.23 Å². The van der Waals surface area contributed by atoms with Crippen LogP contribution >= 0.6 is 0 Å². The maximum absolute atomic E-state index is 12.8. The summed E-state index contributed by atoms with van der Waals surface area (Å²) in [5.41, 5.74) is 8.14. The average Bonchev–Trinajstić information content (AvgIpc) is 3.44. The van der Waals surface area contributed by atoms with E-state index in [9.17, 15) is 4.79 Å². The van der Waals surface area contributed by atoms with E-state index in [1.165, 1.54) is 0 Å². The Morgan fingerprint density at radius 3 is 2.44 bits per heavy atom. The van der Waals surface area contributed by atoms with Crippen LogP contribution in [0.4, 0.5) is 5.69 Å². The van der Waals surface area contributed by atoms with Crippen molar-refractivity contribution in [3.8, 4) is 17.2 Å². The van der Waals surface area contributed by atoms with Crippen molar-refractivity contribution in [2.45, 2.75) is 39.5 Å². The van der Waals surface area contributed by atoms with Crippen LogP contribution in [-0.4, -0.2) is 30.3 Å². The van der Waals surface area contributed by atoms with Crippen LogP contribution in [0, 0.1) is 20.8 Å². The molecule has 6 rings (SSSR count). The molecule has 0 aliphatic carbocycles. The molecule has 0 saturated carbocycles. The van der Waals surface area contributed by atoms with E-state index in [-0.39, 0.29) is 18.6 Å². The summed E-state index contributed by atoms with van der Waals surface area (Å²) in [5, 5.41) is 10.1. The molecule has 7 nitrogen and oxygen atoms in total. The van der Waals surface area contributed by atoms with Gasteiger partial charge in [0.2, 0.25) is 6.23 Å². The monoisotopic (exact) mass is 547 g/mol. The molecule has 2 heterocycles. The number of carbonyl (C=O) groups excluding carboxylic acids is 1. The minimum atomic E-state index is -0.449. The number of nitrogens with zero attached hydrogens (tertiary/aromatic N) is 2. The summed E-state index contributed by atoms with van der Waals surface area (Å²) in [6.45, 7) is 5.87. The average molecular weight is 548 g/mol. The molecule has 0 radical (unpaired) electrons. The summed E-state index contributed by atoms with van der Waals surface area (Å²) in [5.74, 6) is 1.61. The molecule has 4 aromatic rings. The second kappa shape index (κ2) is 11.0. The highest BCUT2D eigenvalue weighted by molar-refractivity contribution is 6.02. The zero-order valence-electron chi connectivity index (χ0n) is 23.7. The molecule has 4 aromatic carbocycles. The SMILES string of the molecule is COc1cc([C@H]2Oc3ccccc3[C@@H]3CC(c4ccccc4)=NN23)ccc1OCC(=O)Nc1c(C)cc(C)cc1C. The second-order valence-corrected chi connectivity index (χ2v) is 10.5. The predicted molar refractivity (Wildman–Crippen MR) is 160 cm³/mol. The first-order valence-electron chi connectivity index (χ1n) is 13.8. The zero-order valence-corrected chi connectivity index (χ0v) is 23.7. The third kappa shape index (κ3) is 5.23. The van der Waals surface area contributed by atoms with Crippen LogP contribution in [0.2, 0.25) is 0 Å². The van der Waals surface area contributed by atoms with Crippen LogP contribution in [0.25, 0.3) is 0 Å². The fourth-order valence-electron chi connectivity index (χ4n) is 5.71. The van der Waals surface area contributed by atoms with E-state index in [1.54, 1.807) is 7.11 Å². The summed E-state index contributed by atoms with van der Waals surface area (Å²) < 4.78 is 18.1. The molecule has 0 spiro atoms. The number of methoxy groups -OCH3 is 1. The number of rotatable bonds is 7. The molecule has 41 heavy (non-hydrogen) atoms. The zero-order chi connectivity index (χ0) is 28.5. The van der Waals surface area contributed by atoms with Gasteiger partial charge in [0.15, 0.2) is 18.1 Å². The largest absolute Gasteiger partial charge is 0.493 e. The number of hydrazone groups is 1. The van der Waals surface area contributed by atoms with E-state index in [4.69, 9.17) is 19.3 Å². The van der Waals surface area contributed by atoms with Gasteiger partial charge in [0.1, 0.15) is 5.75 Å². The number of benzene rings is 4. The molecule has 208 valence electrons. The lowest BCUT2D eigenvalue weighted by molar-refractivity contribution is -0.118. The second-order valence-electron chi connectivity index (χ2n) is 10.5. The Morgan fingerprint density at radius 1 is 0.951 bits per heavy atom. The van der Waals surface area contributed by atoms with Crippen molar-refractivity contribution in [2.24, 2.45) is 5.10 Å². The Morgan fingerprint density at radius 2 is 1.68 bits per heavy atom. The lowest BCUT2D eigenvalue weighted by Gasteiger charge is -2.38. The molecule has 2 atom stereocenters. The van der Waals surface area contributed by atoms with Gasteiger partial charge in [0, 0.05) is 23.2 Å². The minimum absolute atomic E-state index is 0.0551. The first kappa shape index (κ1) is 26.4. The van der Waals surface area contributed by atoms with Gasteiger partial charge in [-0.3, -0.25) is 4.79 Å². The number of ether oxygens (including phenoxy) is 3. The molecule has 2 aliphatic rings. The van der Waals surface area contributed by atoms with Gasteiger partial charge in [-0.25, -0.2) is 5.01 Å². The van der Waals surface area contributed by atoms with Gasteiger partial charge in [-0.2, -0.15) is 5.10 Å². The van der Waals surface area contributed by atoms with E-state index in [0.29, 0.717) is 11.5 Å². The van der Waals surface area contributed by atoms with Gasteiger partial charge in [-0.15, -0.1) is 0 Å². The standard InChI is InChI=1S/C34H33N3O4/c1-21-16-22(2)33(23(3)17-21)35-32(38)20-40-30-15-14-25(18-31(30)39-4)34-37-28(26-12-8-9-13-29(26)41-34)19-27(36-37)24-10-6-5-7-11-24/h5-18,28,34H,19-20H2,1-4H3,(H,35,38)/t28-,34+/m0/s1. The lowest BCUT2D eigenvalue weighted by Crippen LogP contribution is -2.33. The first-order valence-corrected chi connectivity index (χ1v) is 13.8. The molecule has 1 amide bonds. The van der Waals surface area contributed by atoms with Crippen LogP contribution in [0.15, 0.2) is 90.0 Å². The molecular weight excluding hydrogens is 514 g/mol. The van der Waals surface area contributed by atoms with Gasteiger partial charge >= 0.3 is 0 Å². The molecule has 0 bridgehead atoms. The highest BCUT2D eigenvalue weighted by Gasteiger charge is 2.41. The molecule has 2 aliphatic heterocycles. The topological polar surface area (TPSA) is 72.4 Å². The van der Waals surface area contributed by atoms with E-state index >= 15 is 0 Å². The van der Waals surface area contributed by atoms with Gasteiger partial charge < -0.3 is 19.5 Å². The molecule has 7 heteroatoms. The maximum atomic E-state index is 12.8. The van der Waals surface area contributed by atoms with E-state index in [1.807, 2.05) is 80.4 Å². The highest BCUT2D eigenvalue weighted by Crippen LogP contribution is 2.48. The summed E-state index contributed by atoms with van der Waals surface area (Å²) in [6.07, 6.45) is 0.337. The molecule has 0 fully saturated rings. The van der Waals surface area contributed by atoms with Crippen LogP contribution in [0.5, 0.6) is 17.2 Å². The van der Waals surface area contributed by atoms with Gasteiger partial charge in [-0.05, 0) is 61.7 Å². The fourth-order valence-corrected chi connectivity index (χ4v) is 5.71. The van der Waals surface area contributed by atoms with Gasteiger partial charge in [-0.1, -0.05) is 66.2 Å². The third-order valence-electron chi connectivity index (χ3n) is 7.58. The van der Waals surface area contributed by atoms with Crippen molar-refractivity contribution in [3.05, 3.63) is 118 Å². The molecule has 1 N–H and O–H groups in total. The quantitative estimate of drug-likeness (QED) is 0.273. The van der Waals surface area contributed by atoms with Crippen molar-refractivity contribution in [3.63, 3.8) is 0 Å². The fraction of sp³-hybridized carbons (Fsp3) is 0.235. The van der Waals surface area contributed by atoms with Gasteiger partial charge in [0.05, 0.1) is 18.9 Å². The Bertz CT molecular complexity index is 1610. The normalized spacial score (nSPS) is 17.2. The Kier molecular flexibility index (Phi) is 7.10. The van der Waals surface area contributed by atoms with Crippen molar-refractivity contribution in [1.82, 2.24) is 5.01 Å². The number of amides is 1. The molecular formula is C34H33N3O4. The smallest absolute Gasteiger partial charge is 0.262 e. The lowest BCUT2D eigenvalue weighted by atomic mass is 9.96. The van der Waals surface area contributed by atoms with Crippen molar-refractivity contribution >= 4 is 17.3 Å². The summed E-state index contributed by atoms with van der Waals surface area (Å²) in [7, 11) is 1.59. The molecule has 0 unspecified atom stereocenters. The minimum Gasteiger partial charge on any atom is -0.493 e. The van der Waals surface area contributed by atoms with Gasteiger partial charge in [0.25, 0.3) is 5.91 Å². The first-order chi connectivity index (χ1) is 19.9. The predicted octanol–water partition coefficient (Wildman–Crippen LogP) is 6.88. The number of fused-ring (bicyclic) bond motifs is 3. The summed E-state index contributed by atoms with van der Waals surface area (Å²) >= 11 is 0. The van der Waals surface area contributed by atoms with Crippen LogP contribution in [0.1, 0.15) is 52.1 Å². The van der Waals surface area contributed by atoms with Crippen LogP contribution in [-0.2, 0) is 4.79 Å². The highest BCUT2D eigenvalue weighted by atomic mass is 16.5. The van der Waals surface area contributed by atoms with Crippen LogP contribution < -0.4 is 19.5 Å². The number of aryl methyl sites for hydroxylation is 3.